The predicted molar refractivity (Wildman–Crippen MR) is 57.6 cm³/mol. The highest BCUT2D eigenvalue weighted by atomic mass is 19.2. The Labute approximate surface area is 114 Å². The van der Waals surface area contributed by atoms with Crippen LogP contribution in [0.1, 0.15) is 6.92 Å². The van der Waals surface area contributed by atoms with Gasteiger partial charge in [-0.15, -0.1) is 0 Å². The molecular weight excluding hydrogens is 303 g/mol. The number of carbonyl (C=O) groups excluding carboxylic acids is 2. The summed E-state index contributed by atoms with van der Waals surface area (Å²) < 4.78 is 73.1. The Kier molecular flexibility index (Phi) is 5.39. The van der Waals surface area contributed by atoms with E-state index in [1.54, 1.807) is 0 Å². The van der Waals surface area contributed by atoms with Gasteiger partial charge in [0.25, 0.3) is 0 Å². The lowest BCUT2D eigenvalue weighted by molar-refractivity contribution is -0.138. The summed E-state index contributed by atoms with van der Waals surface area (Å²) in [5.41, 5.74) is 0. The standard InChI is InChI=1S/C12H7F5O4/c1-2-20-5(18)3-4-6(19)21-12-10(16)8(14)7(13)9(15)11(12)17/h3-4H,2H2,1H3/b4-3+. The minimum atomic E-state index is -2.38. The highest BCUT2D eigenvalue weighted by Gasteiger charge is 2.28. The predicted octanol–water partition coefficient (Wildman–Crippen LogP) is 2.41. The quantitative estimate of drug-likeness (QED) is 0.214. The van der Waals surface area contributed by atoms with E-state index in [1.807, 2.05) is 0 Å². The molecule has 0 saturated carbocycles. The van der Waals surface area contributed by atoms with Gasteiger partial charge in [0.1, 0.15) is 0 Å². The number of ether oxygens (including phenoxy) is 2. The molecule has 0 aliphatic heterocycles. The molecule has 0 spiro atoms. The molecule has 1 rings (SSSR count). The van der Waals surface area contributed by atoms with E-state index in [0.29, 0.717) is 12.2 Å². The molecule has 0 aliphatic rings. The van der Waals surface area contributed by atoms with Crippen molar-refractivity contribution in [3.8, 4) is 5.75 Å². The SMILES string of the molecule is CCOC(=O)/C=C/C(=O)Oc1c(F)c(F)c(F)c(F)c1F. The van der Waals surface area contributed by atoms with Crippen molar-refractivity contribution in [3.05, 3.63) is 41.2 Å². The third kappa shape index (κ3) is 3.77. The molecule has 0 unspecified atom stereocenters. The molecule has 21 heavy (non-hydrogen) atoms. The first-order chi connectivity index (χ1) is 9.79. The molecular formula is C12H7F5O4. The van der Waals surface area contributed by atoms with Crippen LogP contribution < -0.4 is 4.74 Å². The van der Waals surface area contributed by atoms with Gasteiger partial charge >= 0.3 is 11.9 Å². The second kappa shape index (κ2) is 6.82. The Morgan fingerprint density at radius 1 is 0.857 bits per heavy atom. The zero-order chi connectivity index (χ0) is 16.2. The van der Waals surface area contributed by atoms with Crippen LogP contribution in [0.3, 0.4) is 0 Å². The van der Waals surface area contributed by atoms with Gasteiger partial charge in [0.2, 0.25) is 34.8 Å². The van der Waals surface area contributed by atoms with Crippen LogP contribution in [-0.2, 0) is 14.3 Å². The van der Waals surface area contributed by atoms with Crippen LogP contribution in [0.15, 0.2) is 12.2 Å². The third-order valence-electron chi connectivity index (χ3n) is 2.01. The smallest absolute Gasteiger partial charge is 0.336 e. The third-order valence-corrected chi connectivity index (χ3v) is 2.01. The Bertz CT molecular complexity index is 583. The molecule has 0 N–H and O–H groups in total. The highest BCUT2D eigenvalue weighted by molar-refractivity contribution is 5.92. The molecule has 0 bridgehead atoms. The van der Waals surface area contributed by atoms with E-state index < -0.39 is 46.8 Å². The van der Waals surface area contributed by atoms with Crippen LogP contribution in [0.5, 0.6) is 5.75 Å². The molecule has 0 radical (unpaired) electrons. The lowest BCUT2D eigenvalue weighted by atomic mass is 10.2. The fourth-order valence-electron chi connectivity index (χ4n) is 1.14. The summed E-state index contributed by atoms with van der Waals surface area (Å²) in [6, 6.07) is 0. The van der Waals surface area contributed by atoms with E-state index >= 15 is 0 Å². The molecule has 4 nitrogen and oxygen atoms in total. The average Bonchev–Trinajstić information content (AvgIpc) is 2.46. The van der Waals surface area contributed by atoms with Gasteiger partial charge in [-0.2, -0.15) is 8.78 Å². The Hall–Kier alpha value is -2.45. The van der Waals surface area contributed by atoms with Crippen LogP contribution in [0.2, 0.25) is 0 Å². The van der Waals surface area contributed by atoms with Gasteiger partial charge in [0, 0.05) is 12.2 Å². The van der Waals surface area contributed by atoms with Crippen LogP contribution in [0.4, 0.5) is 22.0 Å². The van der Waals surface area contributed by atoms with Gasteiger partial charge < -0.3 is 9.47 Å². The zero-order valence-corrected chi connectivity index (χ0v) is 10.4. The monoisotopic (exact) mass is 310 g/mol. The number of carbonyl (C=O) groups is 2. The minimum absolute atomic E-state index is 0.00978. The van der Waals surface area contributed by atoms with E-state index in [0.717, 1.165) is 0 Å². The van der Waals surface area contributed by atoms with Gasteiger partial charge in [-0.25, -0.2) is 22.8 Å². The van der Waals surface area contributed by atoms with Crippen molar-refractivity contribution in [1.29, 1.82) is 0 Å². The van der Waals surface area contributed by atoms with Crippen molar-refractivity contribution in [2.75, 3.05) is 6.61 Å². The van der Waals surface area contributed by atoms with Crippen LogP contribution in [0.25, 0.3) is 0 Å². The largest absolute Gasteiger partial charge is 0.463 e. The van der Waals surface area contributed by atoms with Crippen molar-refractivity contribution in [2.24, 2.45) is 0 Å². The van der Waals surface area contributed by atoms with Crippen LogP contribution in [0, 0.1) is 29.1 Å². The van der Waals surface area contributed by atoms with Gasteiger partial charge in [-0.3, -0.25) is 0 Å². The minimum Gasteiger partial charge on any atom is -0.463 e. The summed E-state index contributed by atoms with van der Waals surface area (Å²) in [5.74, 6) is -15.7. The average molecular weight is 310 g/mol. The molecule has 0 aliphatic carbocycles. The Morgan fingerprint density at radius 3 is 1.76 bits per heavy atom. The summed E-state index contributed by atoms with van der Waals surface area (Å²) in [6.45, 7) is 1.49. The number of esters is 2. The molecule has 9 heteroatoms. The lowest BCUT2D eigenvalue weighted by Crippen LogP contribution is -2.12. The maximum Gasteiger partial charge on any atom is 0.336 e. The van der Waals surface area contributed by atoms with E-state index in [1.165, 1.54) is 6.92 Å². The number of hydrogen-bond donors (Lipinski definition) is 0. The number of hydrogen-bond acceptors (Lipinski definition) is 4. The molecule has 0 aromatic heterocycles. The topological polar surface area (TPSA) is 52.6 Å². The number of benzene rings is 1. The molecule has 0 fully saturated rings. The molecule has 1 aromatic rings. The van der Waals surface area contributed by atoms with Crippen molar-refractivity contribution in [3.63, 3.8) is 0 Å². The van der Waals surface area contributed by atoms with Gasteiger partial charge in [-0.1, -0.05) is 0 Å². The van der Waals surface area contributed by atoms with Crippen molar-refractivity contribution < 1.29 is 41.0 Å². The van der Waals surface area contributed by atoms with Crippen molar-refractivity contribution in [2.45, 2.75) is 6.92 Å². The lowest BCUT2D eigenvalue weighted by Gasteiger charge is -2.07. The normalized spacial score (nSPS) is 10.8. The Morgan fingerprint density at radius 2 is 1.29 bits per heavy atom. The maximum absolute atomic E-state index is 13.2. The summed E-state index contributed by atoms with van der Waals surface area (Å²) in [7, 11) is 0. The second-order valence-electron chi connectivity index (χ2n) is 3.41. The Balaban J connectivity index is 2.99. The van der Waals surface area contributed by atoms with Gasteiger partial charge in [0.05, 0.1) is 6.61 Å². The first-order valence-corrected chi connectivity index (χ1v) is 5.37. The van der Waals surface area contributed by atoms with E-state index in [2.05, 4.69) is 9.47 Å². The van der Waals surface area contributed by atoms with Gasteiger partial charge in [-0.05, 0) is 6.92 Å². The number of rotatable bonds is 4. The maximum atomic E-state index is 13.2. The van der Waals surface area contributed by atoms with E-state index in [-0.39, 0.29) is 6.61 Å². The zero-order valence-electron chi connectivity index (χ0n) is 10.4. The van der Waals surface area contributed by atoms with Crippen molar-refractivity contribution >= 4 is 11.9 Å². The fourth-order valence-corrected chi connectivity index (χ4v) is 1.14. The van der Waals surface area contributed by atoms with E-state index in [9.17, 15) is 31.5 Å². The van der Waals surface area contributed by atoms with Crippen LogP contribution >= 0.6 is 0 Å². The fraction of sp³-hybridized carbons (Fsp3) is 0.167. The molecule has 0 saturated heterocycles. The summed E-state index contributed by atoms with van der Waals surface area (Å²) in [6.07, 6.45) is 0.980. The van der Waals surface area contributed by atoms with E-state index in [4.69, 9.17) is 0 Å². The molecule has 1 aromatic carbocycles. The first-order valence-electron chi connectivity index (χ1n) is 5.37. The highest BCUT2D eigenvalue weighted by Crippen LogP contribution is 2.29. The number of halogens is 5. The summed E-state index contributed by atoms with van der Waals surface area (Å²) in [5, 5.41) is 0. The molecule has 0 atom stereocenters. The van der Waals surface area contributed by atoms with Crippen molar-refractivity contribution in [1.82, 2.24) is 0 Å². The summed E-state index contributed by atoms with van der Waals surface area (Å²) >= 11 is 0. The summed E-state index contributed by atoms with van der Waals surface area (Å²) in [4.78, 5) is 22.0. The van der Waals surface area contributed by atoms with Gasteiger partial charge in [0.15, 0.2) is 0 Å². The molecule has 0 heterocycles. The molecule has 0 amide bonds. The van der Waals surface area contributed by atoms with Crippen LogP contribution in [-0.4, -0.2) is 18.5 Å². The molecule has 114 valence electrons. The first kappa shape index (κ1) is 16.6. The second-order valence-corrected chi connectivity index (χ2v) is 3.41.